The number of ether oxygens (including phenoxy) is 1. The van der Waals surface area contributed by atoms with Crippen LogP contribution in [0.2, 0.25) is 0 Å². The van der Waals surface area contributed by atoms with Crippen molar-refractivity contribution in [2.45, 2.75) is 52.4 Å². The fourth-order valence-corrected chi connectivity index (χ4v) is 12.1. The molecule has 0 unspecified atom stereocenters. The van der Waals surface area contributed by atoms with E-state index in [1.165, 1.54) is 19.9 Å². The molecule has 1 aliphatic heterocycles. The van der Waals surface area contributed by atoms with Crippen molar-refractivity contribution in [2.75, 3.05) is 9.80 Å². The molecular weight excluding hydrogens is 1150 g/mol. The first-order valence-corrected chi connectivity index (χ1v) is 26.5. The van der Waals surface area contributed by atoms with Crippen molar-refractivity contribution in [3.8, 4) is 23.0 Å². The maximum absolute atomic E-state index is 9.25. The predicted molar refractivity (Wildman–Crippen MR) is 324 cm³/mol. The largest absolute Gasteiger partial charge is 0.509 e. The minimum absolute atomic E-state index is 0. The molecule has 15 rings (SSSR count). The van der Waals surface area contributed by atoms with Gasteiger partial charge in [-0.3, -0.25) is 0 Å². The average Bonchev–Trinajstić information content (AvgIpc) is 1.61. The van der Waals surface area contributed by atoms with Crippen molar-refractivity contribution in [3.63, 3.8) is 0 Å². The topological polar surface area (TPSA) is 48.3 Å². The quantitative estimate of drug-likeness (QED) is 0.156. The van der Waals surface area contributed by atoms with Crippen LogP contribution in [0.15, 0.2) is 188 Å². The molecule has 0 amide bonds. The van der Waals surface area contributed by atoms with Crippen LogP contribution in [0.4, 0.5) is 22.7 Å². The van der Waals surface area contributed by atoms with Crippen molar-refractivity contribution in [1.82, 2.24) is 23.3 Å². The Morgan fingerprint density at radius 2 is 1.01 bits per heavy atom. The number of anilines is 4. The van der Waals surface area contributed by atoms with Crippen molar-refractivity contribution in [1.29, 1.82) is 0 Å². The van der Waals surface area contributed by atoms with Crippen LogP contribution in [0.5, 0.6) is 11.5 Å². The second-order valence-electron chi connectivity index (χ2n) is 22.7. The smallest absolute Gasteiger partial charge is 0.137 e. The predicted octanol–water partition coefficient (Wildman–Crippen LogP) is 18.0. The summed E-state index contributed by atoms with van der Waals surface area (Å²) in [7, 11) is 0. The van der Waals surface area contributed by atoms with Gasteiger partial charge in [-0.2, -0.15) is 12.1 Å². The fourth-order valence-electron chi connectivity index (χ4n) is 12.1. The van der Waals surface area contributed by atoms with Gasteiger partial charge in [-0.25, -0.2) is 4.98 Å². The Morgan fingerprint density at radius 1 is 0.468 bits per heavy atom. The van der Waals surface area contributed by atoms with E-state index in [9.17, 15) is 8.22 Å². The van der Waals surface area contributed by atoms with Crippen LogP contribution in [-0.2, 0) is 45.8 Å². The summed E-state index contributed by atoms with van der Waals surface area (Å²) in [4.78, 5) is 8.95. The van der Waals surface area contributed by atoms with Gasteiger partial charge in [0.05, 0.1) is 33.4 Å². The number of para-hydroxylation sites is 5. The number of nitrogens with zero attached hydrogens (tertiary/aromatic N) is 7. The maximum Gasteiger partial charge on any atom is 0.137 e. The first-order valence-electron chi connectivity index (χ1n) is 29.5. The van der Waals surface area contributed by atoms with Gasteiger partial charge in [0.2, 0.25) is 0 Å². The number of fused-ring (bicyclic) bond motifs is 13. The fraction of sp³-hybridized carbons (Fsp3) is 0.143. The van der Waals surface area contributed by atoms with Gasteiger partial charge in [-0.05, 0) is 94.1 Å². The molecule has 390 valence electrons. The molecule has 1 aliphatic rings. The Hall–Kier alpha value is -8.58. The van der Waals surface area contributed by atoms with Gasteiger partial charge in [-0.1, -0.05) is 126 Å². The van der Waals surface area contributed by atoms with Crippen molar-refractivity contribution in [2.24, 2.45) is 14.0 Å². The summed E-state index contributed by atoms with van der Waals surface area (Å²) in [6, 6.07) is 68.2. The summed E-state index contributed by atoms with van der Waals surface area (Å²) >= 11 is 0. The summed E-state index contributed by atoms with van der Waals surface area (Å²) in [5, 5.41) is 7.33. The maximum atomic E-state index is 9.25. The van der Waals surface area contributed by atoms with Crippen LogP contribution in [-0.4, -0.2) is 23.3 Å². The Balaban J connectivity index is 0.00000640. The zero-order valence-electron chi connectivity index (χ0n) is 50.3. The molecule has 0 saturated heterocycles. The normalized spacial score (nSPS) is 14.6. The second kappa shape index (κ2) is 17.7. The number of benzene rings is 9. The van der Waals surface area contributed by atoms with Gasteiger partial charge in [0.25, 0.3) is 0 Å². The van der Waals surface area contributed by atoms with E-state index in [4.69, 9.17) is 9.72 Å². The zero-order valence-corrected chi connectivity index (χ0v) is 46.6. The molecule has 6 heterocycles. The van der Waals surface area contributed by atoms with Crippen molar-refractivity contribution >= 4 is 110 Å². The van der Waals surface area contributed by atoms with E-state index in [2.05, 4.69) is 148 Å². The standard InChI is InChI=1S/C70H56N7O.Pt/c1-69(2,3)43-28-32-57-53(36-43)55-41-56-54-37-44(70(4,5)6)29-33-58(54)73(8)67(56)68(66(55)72(57)7)75-42-74(62-26-15-16-27-63(62)75)45-18-17-19-47(38-45)78-48-30-31-52-51-22-11-14-25-61(51)77(64(52)40-48)65-39-46(34-35-71-65)76-59-23-12-9-20-49(59)50-21-10-13-24-60(50)76;/h9-37,39,41-42H,1-8H3;/q-3;/i7D3,8D3;. The van der Waals surface area contributed by atoms with E-state index in [1.807, 2.05) is 120 Å². The molecule has 0 N–H and O–H groups in total. The number of hydrogen-bond donors (Lipinski definition) is 0. The summed E-state index contributed by atoms with van der Waals surface area (Å²) < 4.78 is 69.5. The summed E-state index contributed by atoms with van der Waals surface area (Å²) in [6.45, 7) is 9.41. The SMILES string of the molecule is [2H]C([2H])([2H])n1c2ccc(C(C)(C)C)cc2c2cc3c4cc(C(C)(C)C)ccc4n(C([2H])([2H])[2H])c3c(N3[CH-]N(c4[c-]c(Oc5[c-]c6c(cc5)c5ccccc5n6-c5cc(-n6c7ccccc7c7ccccc76)ccn5)ccc4)c4ccccc43)c21.[Pt]. The van der Waals surface area contributed by atoms with Crippen LogP contribution in [0.25, 0.3) is 98.7 Å². The van der Waals surface area contributed by atoms with Crippen LogP contribution >= 0.6 is 0 Å². The molecule has 0 fully saturated rings. The number of aromatic nitrogens is 5. The molecule has 0 spiro atoms. The number of hydrogen-bond acceptors (Lipinski definition) is 4. The molecule has 0 bridgehead atoms. The molecule has 0 saturated carbocycles. The third kappa shape index (κ3) is 7.41. The van der Waals surface area contributed by atoms with Crippen molar-refractivity contribution in [3.05, 3.63) is 218 Å². The second-order valence-corrected chi connectivity index (χ2v) is 22.7. The van der Waals surface area contributed by atoms with Crippen LogP contribution in [0, 0.1) is 18.8 Å². The Labute approximate surface area is 482 Å². The molecule has 8 nitrogen and oxygen atoms in total. The van der Waals surface area contributed by atoms with Gasteiger partial charge >= 0.3 is 0 Å². The third-order valence-electron chi connectivity index (χ3n) is 15.9. The molecule has 0 aliphatic carbocycles. The molecule has 0 atom stereocenters. The average molecular weight is 1210 g/mol. The van der Waals surface area contributed by atoms with Crippen LogP contribution < -0.4 is 14.5 Å². The minimum atomic E-state index is -2.68. The van der Waals surface area contributed by atoms with Gasteiger partial charge < -0.3 is 32.8 Å². The zero-order chi connectivity index (χ0) is 57.9. The Kier molecular flexibility index (Phi) is 9.52. The molecule has 14 aromatic rings. The van der Waals surface area contributed by atoms with Crippen LogP contribution in [0.3, 0.4) is 0 Å². The molecule has 79 heavy (non-hydrogen) atoms. The third-order valence-corrected chi connectivity index (χ3v) is 15.9. The van der Waals surface area contributed by atoms with E-state index >= 15 is 0 Å². The number of aryl methyl sites for hydroxylation is 2. The summed E-state index contributed by atoms with van der Waals surface area (Å²) in [6.07, 6.45) is 1.86. The number of rotatable bonds is 6. The molecule has 9 heteroatoms. The van der Waals surface area contributed by atoms with Gasteiger partial charge in [0.15, 0.2) is 0 Å². The number of pyridine rings is 1. The van der Waals surface area contributed by atoms with E-state index in [-0.39, 0.29) is 31.9 Å². The monoisotopic (exact) mass is 1210 g/mol. The Morgan fingerprint density at radius 3 is 1.61 bits per heavy atom. The van der Waals surface area contributed by atoms with Crippen molar-refractivity contribution < 1.29 is 34.0 Å². The van der Waals surface area contributed by atoms with E-state index in [1.54, 1.807) is 0 Å². The molecular formula is C70H56N7OPt-3. The van der Waals surface area contributed by atoms with Gasteiger partial charge in [0, 0.05) is 127 Å². The van der Waals surface area contributed by atoms with E-state index < -0.39 is 14.0 Å². The first kappa shape index (κ1) is 42.4. The summed E-state index contributed by atoms with van der Waals surface area (Å²) in [5.41, 5.74) is 10.9. The molecule has 5 aromatic heterocycles. The Bertz CT molecular complexity index is 4890. The summed E-state index contributed by atoms with van der Waals surface area (Å²) in [5.74, 6) is 1.63. The van der Waals surface area contributed by atoms with Gasteiger partial charge in [-0.15, -0.1) is 48.1 Å². The minimum Gasteiger partial charge on any atom is -0.509 e. The first-order chi connectivity index (χ1) is 40.2. The molecule has 9 aromatic carbocycles. The molecule has 0 radical (unpaired) electrons. The van der Waals surface area contributed by atoms with E-state index in [0.29, 0.717) is 61.4 Å². The van der Waals surface area contributed by atoms with Crippen LogP contribution in [0.1, 0.15) is 60.9 Å². The van der Waals surface area contributed by atoms with Gasteiger partial charge in [0.1, 0.15) is 5.82 Å². The van der Waals surface area contributed by atoms with E-state index in [0.717, 1.165) is 71.9 Å².